The number of thiophene rings is 1. The average molecular weight is 361 g/mol. The van der Waals surface area contributed by atoms with Crippen molar-refractivity contribution in [3.63, 3.8) is 0 Å². The van der Waals surface area contributed by atoms with Crippen LogP contribution < -0.4 is 5.32 Å². The third-order valence-electron chi connectivity index (χ3n) is 5.47. The van der Waals surface area contributed by atoms with Gasteiger partial charge in [0.15, 0.2) is 0 Å². The summed E-state index contributed by atoms with van der Waals surface area (Å²) in [6.45, 7) is 4.56. The molecule has 1 N–H and O–H groups in total. The highest BCUT2D eigenvalue weighted by molar-refractivity contribution is 7.18. The van der Waals surface area contributed by atoms with Crippen LogP contribution in [0.1, 0.15) is 29.4 Å². The fourth-order valence-corrected chi connectivity index (χ4v) is 5.28. The summed E-state index contributed by atoms with van der Waals surface area (Å²) in [6.07, 6.45) is 2.38. The Labute approximate surface area is 151 Å². The van der Waals surface area contributed by atoms with Gasteiger partial charge in [0.1, 0.15) is 4.34 Å². The summed E-state index contributed by atoms with van der Waals surface area (Å²) in [6, 6.07) is 12.6. The largest absolute Gasteiger partial charge is 0.347 e. The molecule has 0 aliphatic carbocycles. The van der Waals surface area contributed by atoms with E-state index >= 15 is 0 Å². The summed E-state index contributed by atoms with van der Waals surface area (Å²) in [4.78, 5) is 15.9. The molecular weight excluding hydrogens is 340 g/mol. The van der Waals surface area contributed by atoms with Crippen molar-refractivity contribution in [2.45, 2.75) is 31.8 Å². The van der Waals surface area contributed by atoms with E-state index in [4.69, 9.17) is 11.6 Å². The molecule has 3 aliphatic heterocycles. The van der Waals surface area contributed by atoms with E-state index in [0.717, 1.165) is 11.1 Å². The maximum absolute atomic E-state index is 12.8. The van der Waals surface area contributed by atoms with Crippen molar-refractivity contribution in [3.05, 3.63) is 45.6 Å². The fourth-order valence-electron chi connectivity index (χ4n) is 4.06. The number of rotatable bonds is 3. The summed E-state index contributed by atoms with van der Waals surface area (Å²) in [5.41, 5.74) is 1.99. The molecule has 5 heteroatoms. The van der Waals surface area contributed by atoms with Crippen molar-refractivity contribution in [1.29, 1.82) is 0 Å². The van der Waals surface area contributed by atoms with E-state index in [0.29, 0.717) is 21.2 Å². The third kappa shape index (κ3) is 2.87. The molecule has 3 saturated heterocycles. The molecule has 1 amide bonds. The highest BCUT2D eigenvalue weighted by Gasteiger charge is 2.40. The van der Waals surface area contributed by atoms with Crippen LogP contribution in [0, 0.1) is 5.92 Å². The van der Waals surface area contributed by atoms with Gasteiger partial charge in [-0.25, -0.2) is 0 Å². The molecule has 3 aliphatic rings. The topological polar surface area (TPSA) is 32.3 Å². The Bertz CT molecular complexity index is 735. The first kappa shape index (κ1) is 16.1. The molecule has 5 rings (SSSR count). The van der Waals surface area contributed by atoms with Crippen molar-refractivity contribution < 1.29 is 4.79 Å². The van der Waals surface area contributed by atoms with Crippen LogP contribution in [0.5, 0.6) is 0 Å². The van der Waals surface area contributed by atoms with Crippen LogP contribution in [0.15, 0.2) is 36.4 Å². The summed E-state index contributed by atoms with van der Waals surface area (Å²) in [7, 11) is 0. The number of hydrogen-bond acceptors (Lipinski definition) is 3. The van der Waals surface area contributed by atoms with Gasteiger partial charge in [0, 0.05) is 17.6 Å². The number of nitrogens with zero attached hydrogens (tertiary/aromatic N) is 1. The molecule has 24 heavy (non-hydrogen) atoms. The van der Waals surface area contributed by atoms with E-state index in [1.807, 2.05) is 36.4 Å². The Morgan fingerprint density at radius 1 is 1.25 bits per heavy atom. The van der Waals surface area contributed by atoms with Crippen LogP contribution in [0.4, 0.5) is 0 Å². The predicted octanol–water partition coefficient (Wildman–Crippen LogP) is 4.28. The number of benzene rings is 1. The summed E-state index contributed by atoms with van der Waals surface area (Å²) in [5, 5.41) is 3.28. The first-order valence-corrected chi connectivity index (χ1v) is 9.72. The molecule has 126 valence electrons. The van der Waals surface area contributed by atoms with Crippen molar-refractivity contribution in [3.8, 4) is 11.1 Å². The lowest BCUT2D eigenvalue weighted by Gasteiger charge is -2.49. The van der Waals surface area contributed by atoms with Gasteiger partial charge >= 0.3 is 0 Å². The van der Waals surface area contributed by atoms with E-state index in [2.05, 4.69) is 17.1 Å². The van der Waals surface area contributed by atoms with Crippen LogP contribution in [-0.4, -0.2) is 36.0 Å². The van der Waals surface area contributed by atoms with E-state index in [-0.39, 0.29) is 11.9 Å². The highest BCUT2D eigenvalue weighted by atomic mass is 35.5. The number of hydrogen-bond donors (Lipinski definition) is 1. The van der Waals surface area contributed by atoms with Gasteiger partial charge in [-0.15, -0.1) is 11.3 Å². The second kappa shape index (κ2) is 6.51. The van der Waals surface area contributed by atoms with Gasteiger partial charge in [-0.3, -0.25) is 9.69 Å². The SMILES string of the molecule is CC1C(NC(=O)c2cc(-c3ccccc3)c(Cl)s2)C2CCN1CC2. The van der Waals surface area contributed by atoms with Crippen LogP contribution in [0.25, 0.3) is 11.1 Å². The van der Waals surface area contributed by atoms with Crippen molar-refractivity contribution in [2.24, 2.45) is 5.92 Å². The maximum Gasteiger partial charge on any atom is 0.261 e. The van der Waals surface area contributed by atoms with Crippen LogP contribution in [-0.2, 0) is 0 Å². The maximum atomic E-state index is 12.8. The van der Waals surface area contributed by atoms with Gasteiger partial charge in [-0.1, -0.05) is 41.9 Å². The highest BCUT2D eigenvalue weighted by Crippen LogP contribution is 2.36. The smallest absolute Gasteiger partial charge is 0.261 e. The van der Waals surface area contributed by atoms with Gasteiger partial charge in [0.2, 0.25) is 0 Å². The predicted molar refractivity (Wildman–Crippen MR) is 99.8 cm³/mol. The second-order valence-electron chi connectivity index (χ2n) is 6.78. The molecular formula is C19H21ClN2OS. The monoisotopic (exact) mass is 360 g/mol. The second-order valence-corrected chi connectivity index (χ2v) is 8.43. The minimum absolute atomic E-state index is 0.00896. The average Bonchev–Trinajstić information content (AvgIpc) is 3.01. The van der Waals surface area contributed by atoms with Gasteiger partial charge in [-0.2, -0.15) is 0 Å². The number of halogens is 1. The van der Waals surface area contributed by atoms with Crippen molar-refractivity contribution >= 4 is 28.8 Å². The Morgan fingerprint density at radius 3 is 2.62 bits per heavy atom. The van der Waals surface area contributed by atoms with Gasteiger partial charge in [-0.05, 0) is 50.4 Å². The molecule has 0 saturated carbocycles. The molecule has 2 atom stereocenters. The normalized spacial score (nSPS) is 28.8. The summed E-state index contributed by atoms with van der Waals surface area (Å²) >= 11 is 7.76. The zero-order valence-electron chi connectivity index (χ0n) is 13.7. The van der Waals surface area contributed by atoms with E-state index in [9.17, 15) is 4.79 Å². The molecule has 3 fully saturated rings. The fraction of sp³-hybridized carbons (Fsp3) is 0.421. The van der Waals surface area contributed by atoms with Crippen LogP contribution >= 0.6 is 22.9 Å². The standard InChI is InChI=1S/C19H21ClN2OS/c1-12-17(14-7-9-22(12)10-8-14)21-19(23)16-11-15(18(20)24-16)13-5-3-2-4-6-13/h2-6,11-12,14,17H,7-10H2,1H3,(H,21,23). The summed E-state index contributed by atoms with van der Waals surface area (Å²) in [5.74, 6) is 0.618. The number of carbonyl (C=O) groups is 1. The molecule has 0 spiro atoms. The van der Waals surface area contributed by atoms with E-state index < -0.39 is 0 Å². The lowest BCUT2D eigenvalue weighted by Crippen LogP contribution is -2.62. The van der Waals surface area contributed by atoms with E-state index in [1.165, 1.54) is 37.3 Å². The first-order chi connectivity index (χ1) is 11.6. The number of carbonyl (C=O) groups excluding carboxylic acids is 1. The first-order valence-electron chi connectivity index (χ1n) is 8.53. The summed E-state index contributed by atoms with van der Waals surface area (Å²) < 4.78 is 0.674. The molecule has 2 unspecified atom stereocenters. The lowest BCUT2D eigenvalue weighted by atomic mass is 9.79. The molecule has 2 aromatic rings. The Balaban J connectivity index is 1.53. The number of amides is 1. The van der Waals surface area contributed by atoms with Gasteiger partial charge < -0.3 is 5.32 Å². The van der Waals surface area contributed by atoms with Crippen LogP contribution in [0.3, 0.4) is 0 Å². The molecule has 1 aromatic carbocycles. The molecule has 2 bridgehead atoms. The van der Waals surface area contributed by atoms with Gasteiger partial charge in [0.05, 0.1) is 4.88 Å². The van der Waals surface area contributed by atoms with Gasteiger partial charge in [0.25, 0.3) is 5.91 Å². The Hall–Kier alpha value is -1.36. The molecule has 3 nitrogen and oxygen atoms in total. The minimum Gasteiger partial charge on any atom is -0.347 e. The van der Waals surface area contributed by atoms with Crippen molar-refractivity contribution in [1.82, 2.24) is 10.2 Å². The lowest BCUT2D eigenvalue weighted by molar-refractivity contribution is 0.0218. The Morgan fingerprint density at radius 2 is 1.96 bits per heavy atom. The van der Waals surface area contributed by atoms with E-state index in [1.54, 1.807) is 0 Å². The Kier molecular flexibility index (Phi) is 4.37. The molecule has 4 heterocycles. The zero-order valence-corrected chi connectivity index (χ0v) is 15.2. The number of fused-ring (bicyclic) bond motifs is 3. The third-order valence-corrected chi connectivity index (χ3v) is 6.83. The quantitative estimate of drug-likeness (QED) is 0.885. The molecule has 0 radical (unpaired) electrons. The molecule has 1 aromatic heterocycles. The zero-order chi connectivity index (χ0) is 16.7. The minimum atomic E-state index is 0.00896. The number of nitrogens with one attached hydrogen (secondary N) is 1. The number of piperidine rings is 3. The van der Waals surface area contributed by atoms with Crippen molar-refractivity contribution in [2.75, 3.05) is 13.1 Å². The van der Waals surface area contributed by atoms with Crippen LogP contribution in [0.2, 0.25) is 4.34 Å².